The van der Waals surface area contributed by atoms with Crippen molar-refractivity contribution in [3.05, 3.63) is 0 Å². The molecule has 0 spiro atoms. The van der Waals surface area contributed by atoms with Crippen LogP contribution >= 0.6 is 0 Å². The lowest BCUT2D eigenvalue weighted by molar-refractivity contribution is 0.0205. The van der Waals surface area contributed by atoms with Gasteiger partial charge < -0.3 is 49.2 Å². The summed E-state index contributed by atoms with van der Waals surface area (Å²) in [7, 11) is 0. The van der Waals surface area contributed by atoms with E-state index in [0.717, 1.165) is 155 Å². The van der Waals surface area contributed by atoms with Crippen LogP contribution in [0.25, 0.3) is 0 Å². The van der Waals surface area contributed by atoms with Gasteiger partial charge in [0.25, 0.3) is 0 Å². The maximum atomic E-state index is 13.5. The third-order valence-electron chi connectivity index (χ3n) is 12.0. The first-order valence-corrected chi connectivity index (χ1v) is 30.0. The summed E-state index contributed by atoms with van der Waals surface area (Å²) in [6.07, 6.45) is 13.9. The van der Waals surface area contributed by atoms with E-state index in [2.05, 4.69) is 60.0 Å². The van der Waals surface area contributed by atoms with Gasteiger partial charge in [-0.3, -0.25) is 9.80 Å². The minimum absolute atomic E-state index is 0.294. The average Bonchev–Trinajstić information content (AvgIpc) is 3.30. The molecule has 0 atom stereocenters. The maximum absolute atomic E-state index is 13.5. The van der Waals surface area contributed by atoms with Gasteiger partial charge in [0.1, 0.15) is 22.4 Å². The summed E-state index contributed by atoms with van der Waals surface area (Å²) < 4.78 is 23.3. The molecule has 0 fully saturated rings. The number of hydrogen-bond donors (Lipinski definition) is 2. The number of hydrogen-bond acceptors (Lipinski definition) is 12. The number of ether oxygens (including phenoxy) is 4. The molecule has 0 aliphatic carbocycles. The van der Waals surface area contributed by atoms with Crippen LogP contribution in [0.2, 0.25) is 0 Å². The number of carbonyl (C=O) groups excluding carboxylic acids is 4. The molecule has 0 rings (SSSR count). The van der Waals surface area contributed by atoms with Crippen LogP contribution in [0.5, 0.6) is 0 Å². The van der Waals surface area contributed by atoms with Crippen molar-refractivity contribution in [2.24, 2.45) is 0 Å². The summed E-state index contributed by atoms with van der Waals surface area (Å²) in [6, 6.07) is 0. The van der Waals surface area contributed by atoms with Crippen molar-refractivity contribution in [3.63, 3.8) is 0 Å². The second kappa shape index (κ2) is 41.5. The van der Waals surface area contributed by atoms with Crippen LogP contribution in [0.15, 0.2) is 0 Å². The topological polar surface area (TPSA) is 149 Å². The normalized spacial score (nSPS) is 12.1. The Balaban J connectivity index is 5.72. The fraction of sp³-hybridized carbons (Fsp3) is 0.900. The van der Waals surface area contributed by atoms with Crippen LogP contribution in [-0.4, -0.2) is 194 Å². The van der Waals surface area contributed by atoms with E-state index in [1.54, 1.807) is 0 Å². The van der Waals surface area contributed by atoms with E-state index in [-0.39, 0.29) is 24.4 Å². The van der Waals surface area contributed by atoms with Gasteiger partial charge in [-0.2, -0.15) is 0 Å². The van der Waals surface area contributed by atoms with Gasteiger partial charge in [0.05, 0.1) is 13.1 Å². The molecule has 446 valence electrons. The van der Waals surface area contributed by atoms with Crippen LogP contribution in [0.1, 0.15) is 214 Å². The quantitative estimate of drug-likeness (QED) is 0.0342. The van der Waals surface area contributed by atoms with Crippen molar-refractivity contribution >= 4 is 24.4 Å². The van der Waals surface area contributed by atoms with Gasteiger partial charge in [0.2, 0.25) is 0 Å². The minimum atomic E-state index is -0.612. The third kappa shape index (κ3) is 42.5. The van der Waals surface area contributed by atoms with Gasteiger partial charge in [-0.05, 0) is 199 Å². The molecule has 0 bridgehead atoms. The summed E-state index contributed by atoms with van der Waals surface area (Å²) >= 11 is 0. The standard InChI is InChI=1S/C60H118N8O8/c1-17-21-35-61-37-31-49-65(53(69)73-57(5,6)7)45-27-29-47-67(55(71)75-59(11,12)13)51-33-43-63(39-23-19-3)41-25-26-42-64(40-24-20-4)44-34-52-68(56(72)76-60(14,15)16)48-30-28-46-66(54(70)74-58(8,9)10)50-32-38-62-36-22-18-2/h61-62H,17-24,27-52H2,1-16H3. The van der Waals surface area contributed by atoms with Gasteiger partial charge in [-0.1, -0.05) is 65.2 Å². The first kappa shape index (κ1) is 72.5. The molecule has 0 aliphatic heterocycles. The van der Waals surface area contributed by atoms with Crippen molar-refractivity contribution in [1.82, 2.24) is 40.0 Å². The van der Waals surface area contributed by atoms with E-state index in [4.69, 9.17) is 18.9 Å². The highest BCUT2D eigenvalue weighted by Crippen LogP contribution is 2.16. The minimum Gasteiger partial charge on any atom is -0.444 e. The van der Waals surface area contributed by atoms with E-state index in [0.29, 0.717) is 65.4 Å². The van der Waals surface area contributed by atoms with Gasteiger partial charge in [-0.15, -0.1) is 0 Å². The molecule has 0 saturated heterocycles. The van der Waals surface area contributed by atoms with E-state index < -0.39 is 22.4 Å². The Morgan fingerprint density at radius 1 is 0.316 bits per heavy atom. The van der Waals surface area contributed by atoms with Gasteiger partial charge in [0.15, 0.2) is 0 Å². The molecular weight excluding hydrogens is 961 g/mol. The molecule has 0 aromatic rings. The Kier molecular flexibility index (Phi) is 39.6. The lowest BCUT2D eigenvalue weighted by Gasteiger charge is -2.29. The Labute approximate surface area is 466 Å². The van der Waals surface area contributed by atoms with Crippen molar-refractivity contribution < 1.29 is 38.1 Å². The Morgan fingerprint density at radius 2 is 0.539 bits per heavy atom. The monoisotopic (exact) mass is 1080 g/mol. The largest absolute Gasteiger partial charge is 0.444 e. The predicted octanol–water partition coefficient (Wildman–Crippen LogP) is 12.0. The van der Waals surface area contributed by atoms with Crippen molar-refractivity contribution in [1.29, 1.82) is 0 Å². The smallest absolute Gasteiger partial charge is 0.410 e. The molecule has 0 aliphatic rings. The zero-order valence-electron chi connectivity index (χ0n) is 52.0. The average molecular weight is 1080 g/mol. The lowest BCUT2D eigenvalue weighted by Crippen LogP contribution is -2.40. The fourth-order valence-electron chi connectivity index (χ4n) is 7.95. The van der Waals surface area contributed by atoms with Crippen LogP contribution < -0.4 is 10.6 Å². The zero-order valence-corrected chi connectivity index (χ0v) is 52.0. The molecule has 4 amide bonds. The number of amides is 4. The van der Waals surface area contributed by atoms with E-state index in [9.17, 15) is 19.2 Å². The molecule has 0 aromatic carbocycles. The lowest BCUT2D eigenvalue weighted by atomic mass is 10.2. The van der Waals surface area contributed by atoms with Crippen molar-refractivity contribution in [2.75, 3.05) is 118 Å². The summed E-state index contributed by atoms with van der Waals surface area (Å²) in [5.74, 6) is 6.97. The number of nitrogens with zero attached hydrogens (tertiary/aromatic N) is 6. The van der Waals surface area contributed by atoms with Crippen LogP contribution in [0.4, 0.5) is 19.2 Å². The number of carbonyl (C=O) groups is 4. The zero-order chi connectivity index (χ0) is 57.5. The molecule has 0 heterocycles. The molecule has 0 aromatic heterocycles. The molecule has 16 nitrogen and oxygen atoms in total. The second-order valence-electron chi connectivity index (χ2n) is 24.5. The summed E-state index contributed by atoms with van der Waals surface area (Å²) in [6.45, 7) is 44.5. The number of rotatable bonds is 40. The highest BCUT2D eigenvalue weighted by atomic mass is 16.6. The van der Waals surface area contributed by atoms with Gasteiger partial charge >= 0.3 is 24.4 Å². The van der Waals surface area contributed by atoms with Crippen LogP contribution in [0, 0.1) is 11.8 Å². The first-order valence-electron chi connectivity index (χ1n) is 30.0. The van der Waals surface area contributed by atoms with Crippen molar-refractivity contribution in [2.45, 2.75) is 236 Å². The van der Waals surface area contributed by atoms with Gasteiger partial charge in [0, 0.05) is 65.4 Å². The van der Waals surface area contributed by atoms with E-state index in [1.165, 1.54) is 0 Å². The molecule has 76 heavy (non-hydrogen) atoms. The van der Waals surface area contributed by atoms with E-state index in [1.807, 2.05) is 103 Å². The third-order valence-corrected chi connectivity index (χ3v) is 12.0. The van der Waals surface area contributed by atoms with Crippen molar-refractivity contribution in [3.8, 4) is 11.8 Å². The fourth-order valence-corrected chi connectivity index (χ4v) is 7.95. The molecule has 0 radical (unpaired) electrons. The van der Waals surface area contributed by atoms with Gasteiger partial charge in [-0.25, -0.2) is 19.2 Å². The summed E-state index contributed by atoms with van der Waals surface area (Å²) in [5, 5.41) is 6.94. The molecule has 0 unspecified atom stereocenters. The molecule has 0 saturated carbocycles. The SMILES string of the molecule is CCCCNCCCN(CCCCN(CCCN(CC#CCN(CCCC)CCCN(CCCCN(CCCNCCCC)C(=O)OC(C)(C)C)C(=O)OC(C)(C)C)CCCC)C(=O)OC(C)(C)C)C(=O)OC(C)(C)C. The highest BCUT2D eigenvalue weighted by molar-refractivity contribution is 5.69. The first-order chi connectivity index (χ1) is 35.7. The van der Waals surface area contributed by atoms with Crippen LogP contribution in [0.3, 0.4) is 0 Å². The highest BCUT2D eigenvalue weighted by Gasteiger charge is 2.26. The maximum Gasteiger partial charge on any atom is 0.410 e. The molecular formula is C60H118N8O8. The molecule has 16 heteroatoms. The predicted molar refractivity (Wildman–Crippen MR) is 314 cm³/mol. The Bertz CT molecular complexity index is 1470. The summed E-state index contributed by atoms with van der Waals surface area (Å²) in [4.78, 5) is 65.5. The molecule has 2 N–H and O–H groups in total. The second-order valence-corrected chi connectivity index (χ2v) is 24.5. The van der Waals surface area contributed by atoms with Crippen LogP contribution in [-0.2, 0) is 18.9 Å². The number of nitrogens with one attached hydrogen (secondary N) is 2. The number of unbranched alkanes of at least 4 members (excludes halogenated alkanes) is 6. The Hall–Kier alpha value is -3.52. The van der Waals surface area contributed by atoms with E-state index >= 15 is 0 Å². The Morgan fingerprint density at radius 3 is 0.789 bits per heavy atom. The summed E-state index contributed by atoms with van der Waals surface area (Å²) in [5.41, 5.74) is -2.38.